The number of alkyl halides is 3. The van der Waals surface area contributed by atoms with E-state index >= 15 is 0 Å². The average Bonchev–Trinajstić information content (AvgIpc) is 2.67. The molecule has 146 valence electrons. The molecule has 0 amide bonds. The second kappa shape index (κ2) is 8.76. The highest BCUT2D eigenvalue weighted by Gasteiger charge is 2.31. The maximum absolute atomic E-state index is 12.9. The van der Waals surface area contributed by atoms with Gasteiger partial charge in [0.2, 0.25) is 0 Å². The van der Waals surface area contributed by atoms with Crippen molar-refractivity contribution in [2.75, 3.05) is 31.1 Å². The predicted octanol–water partition coefficient (Wildman–Crippen LogP) is 4.52. The lowest BCUT2D eigenvalue weighted by atomic mass is 10.0. The van der Waals surface area contributed by atoms with Crippen molar-refractivity contribution < 1.29 is 18.0 Å². The molecule has 0 radical (unpaired) electrons. The molecule has 1 fully saturated rings. The van der Waals surface area contributed by atoms with Crippen LogP contribution in [0.25, 0.3) is 0 Å². The fraction of sp³-hybridized carbons (Fsp3) is 0.350. The molecule has 2 aromatic carbocycles. The van der Waals surface area contributed by atoms with Gasteiger partial charge in [0.1, 0.15) is 0 Å². The number of nitrogens with zero attached hydrogens (tertiary/aromatic N) is 2. The third-order valence-corrected chi connectivity index (χ3v) is 4.84. The first-order valence-corrected chi connectivity index (χ1v) is 8.62. The third-order valence-electron chi connectivity index (χ3n) is 4.84. The molecule has 0 N–H and O–H groups in total. The Hall–Kier alpha value is -2.05. The summed E-state index contributed by atoms with van der Waals surface area (Å²) in [4.78, 5) is 16.6. The molecule has 0 aromatic heterocycles. The molecule has 7 heteroatoms. The van der Waals surface area contributed by atoms with E-state index in [1.807, 2.05) is 30.0 Å². The number of carbonyl (C=O) groups excluding carboxylic acids is 1. The van der Waals surface area contributed by atoms with Gasteiger partial charge in [-0.2, -0.15) is 13.2 Å². The Morgan fingerprint density at radius 1 is 0.963 bits per heavy atom. The van der Waals surface area contributed by atoms with Crippen LogP contribution in [-0.2, 0) is 6.18 Å². The van der Waals surface area contributed by atoms with E-state index in [2.05, 4.69) is 4.90 Å². The van der Waals surface area contributed by atoms with E-state index in [1.165, 1.54) is 12.1 Å². The van der Waals surface area contributed by atoms with Gasteiger partial charge in [-0.1, -0.05) is 36.4 Å². The smallest absolute Gasteiger partial charge is 0.369 e. The Kier molecular flexibility index (Phi) is 6.89. The normalized spacial score (nSPS) is 16.5. The van der Waals surface area contributed by atoms with Crippen LogP contribution < -0.4 is 4.90 Å². The summed E-state index contributed by atoms with van der Waals surface area (Å²) < 4.78 is 38.7. The highest BCUT2D eigenvalue weighted by molar-refractivity contribution is 5.99. The number of anilines is 1. The molecular formula is C20H22ClF3N2O. The number of hydrogen-bond acceptors (Lipinski definition) is 3. The monoisotopic (exact) mass is 398 g/mol. The zero-order valence-corrected chi connectivity index (χ0v) is 15.8. The zero-order chi connectivity index (χ0) is 18.7. The number of hydrogen-bond donors (Lipinski definition) is 0. The Balaban J connectivity index is 0.00000261. The summed E-state index contributed by atoms with van der Waals surface area (Å²) in [7, 11) is 0. The van der Waals surface area contributed by atoms with Gasteiger partial charge in [-0.05, 0) is 25.1 Å². The summed E-state index contributed by atoms with van der Waals surface area (Å²) in [6.45, 7) is 4.34. The van der Waals surface area contributed by atoms with Crippen LogP contribution in [0.2, 0.25) is 0 Å². The fourth-order valence-electron chi connectivity index (χ4n) is 3.26. The highest BCUT2D eigenvalue weighted by Crippen LogP contribution is 2.32. The van der Waals surface area contributed by atoms with Gasteiger partial charge in [-0.3, -0.25) is 9.69 Å². The summed E-state index contributed by atoms with van der Waals surface area (Å²) in [5.41, 5.74) is 0.617. The van der Waals surface area contributed by atoms with Crippen LogP contribution in [-0.4, -0.2) is 42.9 Å². The zero-order valence-electron chi connectivity index (χ0n) is 14.9. The van der Waals surface area contributed by atoms with Crippen LogP contribution >= 0.6 is 12.4 Å². The minimum Gasteiger partial charge on any atom is -0.369 e. The molecule has 1 atom stereocenters. The van der Waals surface area contributed by atoms with E-state index < -0.39 is 11.7 Å². The van der Waals surface area contributed by atoms with Crippen molar-refractivity contribution in [3.05, 3.63) is 65.7 Å². The second-order valence-electron chi connectivity index (χ2n) is 6.48. The maximum Gasteiger partial charge on any atom is 0.416 e. The van der Waals surface area contributed by atoms with Crippen molar-refractivity contribution in [2.45, 2.75) is 19.1 Å². The van der Waals surface area contributed by atoms with Gasteiger partial charge in [-0.15, -0.1) is 12.4 Å². The quantitative estimate of drug-likeness (QED) is 0.707. The minimum atomic E-state index is -4.34. The van der Waals surface area contributed by atoms with Gasteiger partial charge in [0.25, 0.3) is 0 Å². The van der Waals surface area contributed by atoms with Crippen molar-refractivity contribution in [1.29, 1.82) is 0 Å². The Labute approximate surface area is 163 Å². The van der Waals surface area contributed by atoms with Gasteiger partial charge in [0.05, 0.1) is 11.6 Å². The second-order valence-corrected chi connectivity index (χ2v) is 6.48. The van der Waals surface area contributed by atoms with Crippen LogP contribution in [0.3, 0.4) is 0 Å². The van der Waals surface area contributed by atoms with Crippen LogP contribution in [0.15, 0.2) is 54.6 Å². The number of benzene rings is 2. The van der Waals surface area contributed by atoms with Crippen molar-refractivity contribution in [3.63, 3.8) is 0 Å². The van der Waals surface area contributed by atoms with Crippen LogP contribution in [0.4, 0.5) is 18.9 Å². The number of rotatable bonds is 4. The van der Waals surface area contributed by atoms with Crippen LogP contribution in [0.5, 0.6) is 0 Å². The molecule has 0 saturated carbocycles. The Morgan fingerprint density at radius 3 is 2.19 bits per heavy atom. The maximum atomic E-state index is 12.9. The standard InChI is InChI=1S/C20H21F3N2O.ClH/c1-15(19(26)16-6-3-2-4-7-16)24-10-12-25(13-11-24)18-9-5-8-17(14-18)20(21,22)23;/h2-9,14-15H,10-13H2,1H3;1H. The van der Waals surface area contributed by atoms with E-state index in [4.69, 9.17) is 0 Å². The first-order valence-electron chi connectivity index (χ1n) is 8.62. The van der Waals surface area contributed by atoms with Gasteiger partial charge >= 0.3 is 6.18 Å². The molecule has 0 spiro atoms. The van der Waals surface area contributed by atoms with E-state index in [1.54, 1.807) is 18.2 Å². The Bertz CT molecular complexity index is 759. The molecule has 0 bridgehead atoms. The minimum absolute atomic E-state index is 0. The van der Waals surface area contributed by atoms with Crippen LogP contribution in [0, 0.1) is 0 Å². The molecular weight excluding hydrogens is 377 g/mol. The van der Waals surface area contributed by atoms with Gasteiger partial charge in [0, 0.05) is 37.4 Å². The number of carbonyl (C=O) groups is 1. The summed E-state index contributed by atoms with van der Waals surface area (Å²) in [6, 6.07) is 14.3. The fourth-order valence-corrected chi connectivity index (χ4v) is 3.26. The molecule has 0 aliphatic carbocycles. The average molecular weight is 399 g/mol. The molecule has 27 heavy (non-hydrogen) atoms. The first kappa shape index (κ1) is 21.3. The molecule has 1 saturated heterocycles. The number of Topliss-reactive ketones (excluding diaryl/α,β-unsaturated/α-hetero) is 1. The largest absolute Gasteiger partial charge is 0.416 e. The van der Waals surface area contributed by atoms with E-state index in [9.17, 15) is 18.0 Å². The van der Waals surface area contributed by atoms with Crippen molar-refractivity contribution in [3.8, 4) is 0 Å². The predicted molar refractivity (Wildman–Crippen MR) is 103 cm³/mol. The molecule has 3 rings (SSSR count). The van der Waals surface area contributed by atoms with E-state index in [0.29, 0.717) is 37.4 Å². The summed E-state index contributed by atoms with van der Waals surface area (Å²) in [6.07, 6.45) is -4.34. The molecule has 2 aromatic rings. The number of piperazine rings is 1. The van der Waals surface area contributed by atoms with E-state index in [0.717, 1.165) is 6.07 Å². The first-order chi connectivity index (χ1) is 12.4. The topological polar surface area (TPSA) is 23.6 Å². The lowest BCUT2D eigenvalue weighted by molar-refractivity contribution is -0.137. The molecule has 3 nitrogen and oxygen atoms in total. The third kappa shape index (κ3) is 5.02. The summed E-state index contributed by atoms with van der Waals surface area (Å²) in [5.74, 6) is 0.0677. The van der Waals surface area contributed by atoms with E-state index in [-0.39, 0.29) is 24.2 Å². The molecule has 1 heterocycles. The Morgan fingerprint density at radius 2 is 1.59 bits per heavy atom. The van der Waals surface area contributed by atoms with Crippen LogP contribution in [0.1, 0.15) is 22.8 Å². The van der Waals surface area contributed by atoms with Crippen molar-refractivity contribution >= 4 is 23.9 Å². The lowest BCUT2D eigenvalue weighted by Crippen LogP contribution is -2.51. The van der Waals surface area contributed by atoms with Gasteiger partial charge in [0.15, 0.2) is 5.78 Å². The summed E-state index contributed by atoms with van der Waals surface area (Å²) in [5, 5.41) is 0. The van der Waals surface area contributed by atoms with Crippen molar-refractivity contribution in [2.24, 2.45) is 0 Å². The highest BCUT2D eigenvalue weighted by atomic mass is 35.5. The number of halogens is 4. The van der Waals surface area contributed by atoms with Crippen molar-refractivity contribution in [1.82, 2.24) is 4.90 Å². The molecule has 1 aliphatic rings. The molecule has 1 unspecified atom stereocenters. The van der Waals surface area contributed by atoms with Gasteiger partial charge < -0.3 is 4.90 Å². The summed E-state index contributed by atoms with van der Waals surface area (Å²) >= 11 is 0. The van der Waals surface area contributed by atoms with Gasteiger partial charge in [-0.25, -0.2) is 0 Å². The SMILES string of the molecule is CC(C(=O)c1ccccc1)N1CCN(c2cccc(C(F)(F)F)c2)CC1.Cl. The lowest BCUT2D eigenvalue weighted by Gasteiger charge is -2.38. The molecule has 1 aliphatic heterocycles. The number of ketones is 1.